The summed E-state index contributed by atoms with van der Waals surface area (Å²) in [6.07, 6.45) is 2.78. The molecule has 1 unspecified atom stereocenters. The van der Waals surface area contributed by atoms with Crippen LogP contribution in [0.1, 0.15) is 43.1 Å². The van der Waals surface area contributed by atoms with Crippen molar-refractivity contribution in [2.24, 2.45) is 5.73 Å². The fourth-order valence-electron chi connectivity index (χ4n) is 2.00. The van der Waals surface area contributed by atoms with E-state index < -0.39 is 0 Å². The monoisotopic (exact) mass is 259 g/mol. The number of benzene rings is 1. The quantitative estimate of drug-likeness (QED) is 0.857. The molecular formula is C16H21NO2. The topological polar surface area (TPSA) is 48.4 Å². The summed E-state index contributed by atoms with van der Waals surface area (Å²) >= 11 is 0. The third-order valence-corrected chi connectivity index (χ3v) is 3.38. The average Bonchev–Trinajstić information content (AvgIpc) is 2.92. The van der Waals surface area contributed by atoms with Gasteiger partial charge in [-0.25, -0.2) is 0 Å². The molecule has 2 rings (SSSR count). The zero-order valence-electron chi connectivity index (χ0n) is 11.6. The Bertz CT molecular complexity index is 519. The van der Waals surface area contributed by atoms with Crippen LogP contribution in [0.3, 0.4) is 0 Å². The van der Waals surface area contributed by atoms with E-state index in [1.54, 1.807) is 6.26 Å². The number of hydrogen-bond donors (Lipinski definition) is 1. The van der Waals surface area contributed by atoms with Crippen molar-refractivity contribution in [3.8, 4) is 5.75 Å². The fourth-order valence-corrected chi connectivity index (χ4v) is 2.00. The summed E-state index contributed by atoms with van der Waals surface area (Å²) in [7, 11) is 0. The number of ether oxygens (including phenoxy) is 1. The third-order valence-electron chi connectivity index (χ3n) is 3.38. The van der Waals surface area contributed by atoms with E-state index in [-0.39, 0.29) is 0 Å². The van der Waals surface area contributed by atoms with Gasteiger partial charge in [0.1, 0.15) is 18.1 Å². The van der Waals surface area contributed by atoms with Gasteiger partial charge in [-0.15, -0.1) is 0 Å². The first kappa shape index (κ1) is 13.7. The van der Waals surface area contributed by atoms with Crippen molar-refractivity contribution in [3.05, 3.63) is 53.5 Å². The van der Waals surface area contributed by atoms with Gasteiger partial charge in [0.25, 0.3) is 0 Å². The maximum atomic E-state index is 5.87. The summed E-state index contributed by atoms with van der Waals surface area (Å²) in [6, 6.07) is 10.1. The van der Waals surface area contributed by atoms with E-state index in [0.29, 0.717) is 19.1 Å². The first-order valence-corrected chi connectivity index (χ1v) is 6.72. The lowest BCUT2D eigenvalue weighted by atomic mass is 9.98. The SMILES string of the molecule is CCC(C)c1ccccc1OCc1cc(CN)co1. The zero-order valence-corrected chi connectivity index (χ0v) is 11.6. The van der Waals surface area contributed by atoms with Crippen LogP contribution in [0, 0.1) is 0 Å². The number of nitrogens with two attached hydrogens (primary N) is 1. The minimum absolute atomic E-state index is 0.438. The van der Waals surface area contributed by atoms with Crippen LogP contribution in [-0.4, -0.2) is 0 Å². The van der Waals surface area contributed by atoms with Crippen molar-refractivity contribution >= 4 is 0 Å². The van der Waals surface area contributed by atoms with Gasteiger partial charge < -0.3 is 14.9 Å². The molecule has 102 valence electrons. The Morgan fingerprint density at radius 1 is 1.32 bits per heavy atom. The molecule has 0 aliphatic heterocycles. The standard InChI is InChI=1S/C16H21NO2/c1-3-12(2)15-6-4-5-7-16(15)19-11-14-8-13(9-17)10-18-14/h4-8,10,12H,3,9,11,17H2,1-2H3. The minimum Gasteiger partial charge on any atom is -0.485 e. The highest BCUT2D eigenvalue weighted by molar-refractivity contribution is 5.36. The number of rotatable bonds is 6. The van der Waals surface area contributed by atoms with E-state index >= 15 is 0 Å². The van der Waals surface area contributed by atoms with Crippen LogP contribution in [0.15, 0.2) is 41.0 Å². The number of hydrogen-bond acceptors (Lipinski definition) is 3. The molecule has 0 radical (unpaired) electrons. The molecule has 3 heteroatoms. The van der Waals surface area contributed by atoms with Crippen LogP contribution < -0.4 is 10.5 Å². The average molecular weight is 259 g/mol. The van der Waals surface area contributed by atoms with E-state index in [1.807, 2.05) is 24.3 Å². The van der Waals surface area contributed by atoms with Gasteiger partial charge in [0, 0.05) is 12.1 Å². The summed E-state index contributed by atoms with van der Waals surface area (Å²) in [6.45, 7) is 5.32. The van der Waals surface area contributed by atoms with Gasteiger partial charge in [-0.05, 0) is 30.0 Å². The molecular weight excluding hydrogens is 238 g/mol. The zero-order chi connectivity index (χ0) is 13.7. The van der Waals surface area contributed by atoms with Gasteiger partial charge in [-0.2, -0.15) is 0 Å². The summed E-state index contributed by atoms with van der Waals surface area (Å²) < 4.78 is 11.3. The van der Waals surface area contributed by atoms with Gasteiger partial charge in [-0.3, -0.25) is 0 Å². The van der Waals surface area contributed by atoms with Gasteiger partial charge >= 0.3 is 0 Å². The summed E-state index contributed by atoms with van der Waals surface area (Å²) in [4.78, 5) is 0. The smallest absolute Gasteiger partial charge is 0.146 e. The lowest BCUT2D eigenvalue weighted by Gasteiger charge is -2.14. The highest BCUT2D eigenvalue weighted by Crippen LogP contribution is 2.29. The predicted molar refractivity (Wildman–Crippen MR) is 76.1 cm³/mol. The molecule has 0 amide bonds. The van der Waals surface area contributed by atoms with Crippen LogP contribution in [0.2, 0.25) is 0 Å². The van der Waals surface area contributed by atoms with Gasteiger partial charge in [0.2, 0.25) is 0 Å². The molecule has 1 aromatic carbocycles. The highest BCUT2D eigenvalue weighted by atomic mass is 16.5. The van der Waals surface area contributed by atoms with Crippen LogP contribution in [0.25, 0.3) is 0 Å². The summed E-state index contributed by atoms with van der Waals surface area (Å²) in [5.41, 5.74) is 7.79. The molecule has 19 heavy (non-hydrogen) atoms. The van der Waals surface area contributed by atoms with Gasteiger partial charge in [-0.1, -0.05) is 32.0 Å². The van der Waals surface area contributed by atoms with Crippen molar-refractivity contribution in [2.45, 2.75) is 39.3 Å². The first-order valence-electron chi connectivity index (χ1n) is 6.72. The van der Waals surface area contributed by atoms with Crippen molar-refractivity contribution in [3.63, 3.8) is 0 Å². The molecule has 1 aromatic heterocycles. The molecule has 0 bridgehead atoms. The first-order chi connectivity index (χ1) is 9.24. The molecule has 0 saturated heterocycles. The Labute approximate surface area is 114 Å². The molecule has 2 N–H and O–H groups in total. The molecule has 0 fully saturated rings. The summed E-state index contributed by atoms with van der Waals surface area (Å²) in [5.74, 6) is 2.23. The molecule has 0 spiro atoms. The second-order valence-electron chi connectivity index (χ2n) is 4.76. The predicted octanol–water partition coefficient (Wildman–Crippen LogP) is 3.83. The lowest BCUT2D eigenvalue weighted by molar-refractivity contribution is 0.266. The Morgan fingerprint density at radius 2 is 2.11 bits per heavy atom. The Kier molecular flexibility index (Phi) is 4.63. The molecule has 0 saturated carbocycles. The van der Waals surface area contributed by atoms with E-state index in [9.17, 15) is 0 Å². The maximum absolute atomic E-state index is 5.87. The number of furan rings is 1. The van der Waals surface area contributed by atoms with Crippen LogP contribution in [-0.2, 0) is 13.2 Å². The Balaban J connectivity index is 2.06. The molecule has 2 aromatic rings. The molecule has 0 aliphatic rings. The van der Waals surface area contributed by atoms with E-state index in [0.717, 1.165) is 23.5 Å². The Morgan fingerprint density at radius 3 is 2.79 bits per heavy atom. The Hall–Kier alpha value is -1.74. The van der Waals surface area contributed by atoms with E-state index in [4.69, 9.17) is 14.9 Å². The van der Waals surface area contributed by atoms with Gasteiger partial charge in [0.15, 0.2) is 0 Å². The van der Waals surface area contributed by atoms with Crippen LogP contribution >= 0.6 is 0 Å². The second kappa shape index (κ2) is 6.43. The fraction of sp³-hybridized carbons (Fsp3) is 0.375. The minimum atomic E-state index is 0.438. The van der Waals surface area contributed by atoms with Crippen molar-refractivity contribution in [2.75, 3.05) is 0 Å². The summed E-state index contributed by atoms with van der Waals surface area (Å²) in [5, 5.41) is 0. The van der Waals surface area contributed by atoms with E-state index in [1.165, 1.54) is 5.56 Å². The third kappa shape index (κ3) is 3.38. The highest BCUT2D eigenvalue weighted by Gasteiger charge is 2.10. The van der Waals surface area contributed by atoms with Crippen molar-refractivity contribution in [1.82, 2.24) is 0 Å². The van der Waals surface area contributed by atoms with Crippen molar-refractivity contribution < 1.29 is 9.15 Å². The van der Waals surface area contributed by atoms with Crippen molar-refractivity contribution in [1.29, 1.82) is 0 Å². The molecule has 3 nitrogen and oxygen atoms in total. The van der Waals surface area contributed by atoms with Crippen LogP contribution in [0.4, 0.5) is 0 Å². The molecule has 1 atom stereocenters. The maximum Gasteiger partial charge on any atom is 0.146 e. The lowest BCUT2D eigenvalue weighted by Crippen LogP contribution is -2.00. The normalized spacial score (nSPS) is 12.4. The van der Waals surface area contributed by atoms with E-state index in [2.05, 4.69) is 19.9 Å². The second-order valence-corrected chi connectivity index (χ2v) is 4.76. The molecule has 1 heterocycles. The van der Waals surface area contributed by atoms with Gasteiger partial charge in [0.05, 0.1) is 6.26 Å². The molecule has 0 aliphatic carbocycles. The van der Waals surface area contributed by atoms with Crippen LogP contribution in [0.5, 0.6) is 5.75 Å². The largest absolute Gasteiger partial charge is 0.485 e. The number of para-hydroxylation sites is 1.